The molecule has 0 aliphatic heterocycles. The molecule has 114 valence electrons. The van der Waals surface area contributed by atoms with Crippen LogP contribution in [0.5, 0.6) is 0 Å². The first kappa shape index (κ1) is 17.4. The molecular weight excluding hydrogens is 274 g/mol. The normalized spacial score (nSPS) is 14.5. The zero-order valence-electron chi connectivity index (χ0n) is 12.6. The van der Waals surface area contributed by atoms with Crippen LogP contribution in [0.25, 0.3) is 0 Å². The van der Waals surface area contributed by atoms with Crippen LogP contribution in [0.4, 0.5) is 0 Å². The van der Waals surface area contributed by atoms with Crippen molar-refractivity contribution in [1.29, 1.82) is 0 Å². The van der Waals surface area contributed by atoms with Crippen LogP contribution in [0, 0.1) is 11.8 Å². The minimum absolute atomic E-state index is 0.339. The highest BCUT2D eigenvalue weighted by molar-refractivity contribution is 6.30. The first-order valence-corrected chi connectivity index (χ1v) is 7.57. The van der Waals surface area contributed by atoms with Crippen LogP contribution < -0.4 is 5.32 Å². The fraction of sp³-hybridized carbons (Fsp3) is 0.625. The van der Waals surface area contributed by atoms with E-state index in [4.69, 9.17) is 16.3 Å². The Kier molecular flexibility index (Phi) is 8.15. The smallest absolute Gasteiger partial charge is 0.0897 e. The molecule has 1 aromatic rings. The molecule has 20 heavy (non-hydrogen) atoms. The van der Waals surface area contributed by atoms with Crippen molar-refractivity contribution in [2.75, 3.05) is 19.7 Å². The van der Waals surface area contributed by atoms with Crippen LogP contribution in [0.1, 0.15) is 26.3 Å². The number of ether oxygens (including phenoxy) is 1. The number of rotatable bonds is 9. The van der Waals surface area contributed by atoms with E-state index in [9.17, 15) is 5.11 Å². The van der Waals surface area contributed by atoms with Gasteiger partial charge in [0, 0.05) is 11.6 Å². The molecular formula is C16H26ClNO2. The molecule has 2 atom stereocenters. The summed E-state index contributed by atoms with van der Waals surface area (Å²) in [6.45, 7) is 8.95. The van der Waals surface area contributed by atoms with Crippen molar-refractivity contribution in [3.63, 3.8) is 0 Å². The second-order valence-electron chi connectivity index (χ2n) is 5.67. The Morgan fingerprint density at radius 1 is 1.15 bits per heavy atom. The summed E-state index contributed by atoms with van der Waals surface area (Å²) in [7, 11) is 0. The average molecular weight is 300 g/mol. The van der Waals surface area contributed by atoms with E-state index >= 15 is 0 Å². The standard InChI is InChI=1S/C16H26ClNO2/c1-12(2)13(3)8-18-9-16(19)11-20-10-14-4-6-15(17)7-5-14/h4-7,12-13,16,18-19H,8-11H2,1-3H3. The highest BCUT2D eigenvalue weighted by atomic mass is 35.5. The van der Waals surface area contributed by atoms with Crippen molar-refractivity contribution in [2.45, 2.75) is 33.5 Å². The summed E-state index contributed by atoms with van der Waals surface area (Å²) in [5.41, 5.74) is 1.06. The Bertz CT molecular complexity index is 367. The molecule has 0 aromatic heterocycles. The minimum atomic E-state index is -0.471. The highest BCUT2D eigenvalue weighted by Gasteiger charge is 2.08. The second-order valence-corrected chi connectivity index (χ2v) is 6.11. The van der Waals surface area contributed by atoms with E-state index in [1.165, 1.54) is 0 Å². The maximum Gasteiger partial charge on any atom is 0.0897 e. The molecule has 4 heteroatoms. The lowest BCUT2D eigenvalue weighted by atomic mass is 9.98. The predicted molar refractivity (Wildman–Crippen MR) is 84.0 cm³/mol. The topological polar surface area (TPSA) is 41.5 Å². The van der Waals surface area contributed by atoms with Crippen LogP contribution in [-0.2, 0) is 11.3 Å². The van der Waals surface area contributed by atoms with Crippen LogP contribution in [0.15, 0.2) is 24.3 Å². The third-order valence-electron chi connectivity index (χ3n) is 3.48. The number of halogens is 1. The van der Waals surface area contributed by atoms with Crippen molar-refractivity contribution in [2.24, 2.45) is 11.8 Å². The Morgan fingerprint density at radius 3 is 2.40 bits per heavy atom. The van der Waals surface area contributed by atoms with Gasteiger partial charge in [0.2, 0.25) is 0 Å². The van der Waals surface area contributed by atoms with E-state index in [1.807, 2.05) is 24.3 Å². The van der Waals surface area contributed by atoms with E-state index in [-0.39, 0.29) is 0 Å². The van der Waals surface area contributed by atoms with Gasteiger partial charge in [0.1, 0.15) is 0 Å². The zero-order chi connectivity index (χ0) is 15.0. The lowest BCUT2D eigenvalue weighted by Gasteiger charge is -2.18. The third kappa shape index (κ3) is 7.25. The summed E-state index contributed by atoms with van der Waals surface area (Å²) in [5.74, 6) is 1.26. The number of hydrogen-bond acceptors (Lipinski definition) is 3. The molecule has 1 rings (SSSR count). The SMILES string of the molecule is CC(C)C(C)CNCC(O)COCc1ccc(Cl)cc1. The summed E-state index contributed by atoms with van der Waals surface area (Å²) in [6.07, 6.45) is -0.471. The Morgan fingerprint density at radius 2 is 1.80 bits per heavy atom. The molecule has 0 heterocycles. The summed E-state index contributed by atoms with van der Waals surface area (Å²) >= 11 is 5.81. The van der Waals surface area contributed by atoms with Gasteiger partial charge >= 0.3 is 0 Å². The number of hydrogen-bond donors (Lipinski definition) is 2. The molecule has 0 radical (unpaired) electrons. The van der Waals surface area contributed by atoms with E-state index in [1.54, 1.807) is 0 Å². The quantitative estimate of drug-likeness (QED) is 0.736. The molecule has 0 spiro atoms. The largest absolute Gasteiger partial charge is 0.389 e. The average Bonchev–Trinajstić information content (AvgIpc) is 2.40. The first-order valence-electron chi connectivity index (χ1n) is 7.20. The summed E-state index contributed by atoms with van der Waals surface area (Å²) in [4.78, 5) is 0. The maximum atomic E-state index is 9.81. The van der Waals surface area contributed by atoms with E-state index < -0.39 is 6.10 Å². The van der Waals surface area contributed by atoms with Crippen molar-refractivity contribution in [3.05, 3.63) is 34.9 Å². The molecule has 0 aliphatic rings. The molecule has 0 bridgehead atoms. The molecule has 0 fully saturated rings. The van der Waals surface area contributed by atoms with Gasteiger partial charge in [-0.1, -0.05) is 44.5 Å². The third-order valence-corrected chi connectivity index (χ3v) is 3.73. The van der Waals surface area contributed by atoms with Gasteiger partial charge in [0.05, 0.1) is 19.3 Å². The van der Waals surface area contributed by atoms with Crippen molar-refractivity contribution in [1.82, 2.24) is 5.32 Å². The highest BCUT2D eigenvalue weighted by Crippen LogP contribution is 2.10. The lowest BCUT2D eigenvalue weighted by Crippen LogP contribution is -2.34. The van der Waals surface area contributed by atoms with Crippen molar-refractivity contribution < 1.29 is 9.84 Å². The Balaban J connectivity index is 2.11. The fourth-order valence-corrected chi connectivity index (χ4v) is 1.79. The molecule has 3 nitrogen and oxygen atoms in total. The molecule has 0 saturated carbocycles. The number of benzene rings is 1. The van der Waals surface area contributed by atoms with Crippen LogP contribution in [0.2, 0.25) is 5.02 Å². The Hall–Kier alpha value is -0.610. The summed E-state index contributed by atoms with van der Waals surface area (Å²) < 4.78 is 5.49. The van der Waals surface area contributed by atoms with Crippen LogP contribution in [-0.4, -0.2) is 30.9 Å². The minimum Gasteiger partial charge on any atom is -0.389 e. The molecule has 0 amide bonds. The van der Waals surface area contributed by atoms with Gasteiger partial charge in [-0.15, -0.1) is 0 Å². The fourth-order valence-electron chi connectivity index (χ4n) is 1.67. The van der Waals surface area contributed by atoms with Gasteiger partial charge < -0.3 is 15.2 Å². The van der Waals surface area contributed by atoms with E-state index in [0.29, 0.717) is 31.6 Å². The summed E-state index contributed by atoms with van der Waals surface area (Å²) in [5, 5.41) is 13.8. The molecule has 0 aliphatic carbocycles. The molecule has 2 unspecified atom stereocenters. The van der Waals surface area contributed by atoms with Gasteiger partial charge in [-0.2, -0.15) is 0 Å². The van der Waals surface area contributed by atoms with Crippen molar-refractivity contribution >= 4 is 11.6 Å². The van der Waals surface area contributed by atoms with Crippen LogP contribution >= 0.6 is 11.6 Å². The van der Waals surface area contributed by atoms with Gasteiger partial charge in [-0.3, -0.25) is 0 Å². The van der Waals surface area contributed by atoms with E-state index in [2.05, 4.69) is 26.1 Å². The van der Waals surface area contributed by atoms with Crippen molar-refractivity contribution in [3.8, 4) is 0 Å². The number of nitrogens with one attached hydrogen (secondary N) is 1. The van der Waals surface area contributed by atoms with Crippen LogP contribution in [0.3, 0.4) is 0 Å². The monoisotopic (exact) mass is 299 g/mol. The number of aliphatic hydroxyl groups is 1. The zero-order valence-corrected chi connectivity index (χ0v) is 13.4. The molecule has 1 aromatic carbocycles. The molecule has 2 N–H and O–H groups in total. The van der Waals surface area contributed by atoms with Gasteiger partial charge in [0.15, 0.2) is 0 Å². The van der Waals surface area contributed by atoms with Gasteiger partial charge in [-0.25, -0.2) is 0 Å². The molecule has 0 saturated heterocycles. The number of aliphatic hydroxyl groups excluding tert-OH is 1. The summed E-state index contributed by atoms with van der Waals surface area (Å²) in [6, 6.07) is 7.53. The first-order chi connectivity index (χ1) is 9.49. The van der Waals surface area contributed by atoms with E-state index in [0.717, 1.165) is 17.1 Å². The second kappa shape index (κ2) is 9.35. The predicted octanol–water partition coefficient (Wildman–Crippen LogP) is 3.10. The van der Waals surface area contributed by atoms with Gasteiger partial charge in [0.25, 0.3) is 0 Å². The lowest BCUT2D eigenvalue weighted by molar-refractivity contribution is 0.0284. The maximum absolute atomic E-state index is 9.81. The Labute approximate surface area is 127 Å². The van der Waals surface area contributed by atoms with Gasteiger partial charge in [-0.05, 0) is 36.1 Å².